The van der Waals surface area contributed by atoms with Gasteiger partial charge >= 0.3 is 0 Å². The molecule has 0 aliphatic heterocycles. The molecule has 0 unspecified atom stereocenters. The number of hydrogen-bond acceptors (Lipinski definition) is 5. The summed E-state index contributed by atoms with van der Waals surface area (Å²) in [6, 6.07) is 4.10. The zero-order valence-electron chi connectivity index (χ0n) is 10.5. The lowest BCUT2D eigenvalue weighted by Crippen LogP contribution is -2.23. The van der Waals surface area contributed by atoms with Crippen molar-refractivity contribution in [3.8, 4) is 0 Å². The molecule has 0 amide bonds. The van der Waals surface area contributed by atoms with Crippen molar-refractivity contribution in [2.24, 2.45) is 10.9 Å². The van der Waals surface area contributed by atoms with Crippen molar-refractivity contribution in [1.82, 2.24) is 5.32 Å². The molecule has 5 N–H and O–H groups in total. The van der Waals surface area contributed by atoms with Crippen LogP contribution in [0.1, 0.15) is 11.1 Å². The van der Waals surface area contributed by atoms with Gasteiger partial charge in [0.15, 0.2) is 5.84 Å². The van der Waals surface area contributed by atoms with Crippen LogP contribution in [0.15, 0.2) is 23.4 Å². The number of hydrogen-bond donors (Lipinski definition) is 4. The van der Waals surface area contributed by atoms with Crippen LogP contribution in [-0.2, 0) is 11.3 Å². The van der Waals surface area contributed by atoms with E-state index in [4.69, 9.17) is 20.8 Å². The average molecular weight is 271 g/mol. The van der Waals surface area contributed by atoms with E-state index >= 15 is 0 Å². The summed E-state index contributed by atoms with van der Waals surface area (Å²) >= 11 is 0. The van der Waals surface area contributed by atoms with Crippen LogP contribution in [0.25, 0.3) is 0 Å². The summed E-state index contributed by atoms with van der Waals surface area (Å²) in [5.74, 6) is -0.579. The Kier molecular flexibility index (Phi) is 6.80. The summed E-state index contributed by atoms with van der Waals surface area (Å²) in [5, 5.41) is 23.1. The summed E-state index contributed by atoms with van der Waals surface area (Å²) in [6.45, 7) is 1.77. The Balaban J connectivity index is 2.53. The lowest BCUT2D eigenvalue weighted by Gasteiger charge is -2.10. The molecular formula is C12H18FN3O3. The third-order valence-electron chi connectivity index (χ3n) is 2.43. The summed E-state index contributed by atoms with van der Waals surface area (Å²) in [5.41, 5.74) is 6.56. The van der Waals surface area contributed by atoms with E-state index in [9.17, 15) is 4.39 Å². The second kappa shape index (κ2) is 8.41. The molecule has 0 saturated carbocycles. The van der Waals surface area contributed by atoms with Crippen LogP contribution in [0.4, 0.5) is 4.39 Å². The van der Waals surface area contributed by atoms with E-state index in [2.05, 4.69) is 10.5 Å². The molecular weight excluding hydrogens is 253 g/mol. The minimum Gasteiger partial charge on any atom is -0.409 e. The Morgan fingerprint density at radius 1 is 1.42 bits per heavy atom. The third-order valence-corrected chi connectivity index (χ3v) is 2.43. The lowest BCUT2D eigenvalue weighted by atomic mass is 10.1. The van der Waals surface area contributed by atoms with Gasteiger partial charge in [0.1, 0.15) is 5.82 Å². The zero-order chi connectivity index (χ0) is 14.1. The number of halogens is 1. The SMILES string of the molecule is NC(=NO)c1cc(F)ccc1CNCCOCCO. The highest BCUT2D eigenvalue weighted by atomic mass is 19.1. The molecule has 6 nitrogen and oxygen atoms in total. The molecule has 0 aliphatic rings. The Bertz CT molecular complexity index is 427. The molecule has 1 rings (SSSR count). The van der Waals surface area contributed by atoms with Gasteiger partial charge in [0.25, 0.3) is 0 Å². The smallest absolute Gasteiger partial charge is 0.170 e. The first-order valence-corrected chi connectivity index (χ1v) is 5.84. The molecule has 0 saturated heterocycles. The van der Waals surface area contributed by atoms with Crippen molar-refractivity contribution in [2.75, 3.05) is 26.4 Å². The standard InChI is InChI=1S/C12H18FN3O3/c13-10-2-1-9(11(7-10)12(14)16-18)8-15-3-5-19-6-4-17/h1-2,7,15,17-18H,3-6,8H2,(H2,14,16). The van der Waals surface area contributed by atoms with E-state index in [1.54, 1.807) is 6.07 Å². The topological polar surface area (TPSA) is 100 Å². The Morgan fingerprint density at radius 3 is 2.89 bits per heavy atom. The average Bonchev–Trinajstić information content (AvgIpc) is 2.43. The number of nitrogens with zero attached hydrogens (tertiary/aromatic N) is 1. The van der Waals surface area contributed by atoms with Gasteiger partial charge < -0.3 is 26.1 Å². The largest absolute Gasteiger partial charge is 0.409 e. The molecule has 0 atom stereocenters. The van der Waals surface area contributed by atoms with Gasteiger partial charge in [-0.25, -0.2) is 4.39 Å². The van der Waals surface area contributed by atoms with Crippen molar-refractivity contribution >= 4 is 5.84 Å². The minimum atomic E-state index is -0.448. The normalized spacial score (nSPS) is 11.8. The molecule has 1 aromatic rings. The highest BCUT2D eigenvalue weighted by molar-refractivity contribution is 5.98. The van der Waals surface area contributed by atoms with E-state index < -0.39 is 5.82 Å². The predicted molar refractivity (Wildman–Crippen MR) is 68.5 cm³/mol. The van der Waals surface area contributed by atoms with E-state index in [1.807, 2.05) is 0 Å². The van der Waals surface area contributed by atoms with Gasteiger partial charge in [0.05, 0.1) is 19.8 Å². The van der Waals surface area contributed by atoms with Crippen molar-refractivity contribution in [2.45, 2.75) is 6.54 Å². The number of rotatable bonds is 8. The van der Waals surface area contributed by atoms with Crippen LogP contribution in [0, 0.1) is 5.82 Å². The number of aliphatic hydroxyl groups excluding tert-OH is 1. The summed E-state index contributed by atoms with van der Waals surface area (Å²) < 4.78 is 18.2. The van der Waals surface area contributed by atoms with Gasteiger partial charge in [-0.15, -0.1) is 0 Å². The Morgan fingerprint density at radius 2 is 2.21 bits per heavy atom. The number of benzene rings is 1. The molecule has 0 radical (unpaired) electrons. The first kappa shape index (κ1) is 15.4. The van der Waals surface area contributed by atoms with E-state index in [0.717, 1.165) is 5.56 Å². The quantitative estimate of drug-likeness (QED) is 0.176. The molecule has 0 bridgehead atoms. The summed E-state index contributed by atoms with van der Waals surface area (Å²) in [7, 11) is 0. The monoisotopic (exact) mass is 271 g/mol. The number of aliphatic hydroxyl groups is 1. The molecule has 0 aromatic heterocycles. The van der Waals surface area contributed by atoms with Crippen molar-refractivity contribution in [1.29, 1.82) is 0 Å². The maximum absolute atomic E-state index is 13.1. The van der Waals surface area contributed by atoms with Gasteiger partial charge in [-0.1, -0.05) is 11.2 Å². The number of nitrogens with two attached hydrogens (primary N) is 1. The number of ether oxygens (including phenoxy) is 1. The van der Waals surface area contributed by atoms with Gasteiger partial charge in [-0.3, -0.25) is 0 Å². The Hall–Kier alpha value is -1.70. The molecule has 19 heavy (non-hydrogen) atoms. The first-order valence-electron chi connectivity index (χ1n) is 5.84. The molecule has 1 aromatic carbocycles. The summed E-state index contributed by atoms with van der Waals surface area (Å²) in [4.78, 5) is 0. The highest BCUT2D eigenvalue weighted by Crippen LogP contribution is 2.11. The van der Waals surface area contributed by atoms with E-state index in [-0.39, 0.29) is 12.4 Å². The molecule has 0 heterocycles. The second-order valence-electron chi connectivity index (χ2n) is 3.80. The molecule has 0 fully saturated rings. The van der Waals surface area contributed by atoms with Crippen molar-refractivity contribution in [3.63, 3.8) is 0 Å². The van der Waals surface area contributed by atoms with Crippen LogP contribution in [0.3, 0.4) is 0 Å². The fourth-order valence-electron chi connectivity index (χ4n) is 1.53. The first-order chi connectivity index (χ1) is 9.19. The zero-order valence-corrected chi connectivity index (χ0v) is 10.5. The fourth-order valence-corrected chi connectivity index (χ4v) is 1.53. The van der Waals surface area contributed by atoms with Crippen LogP contribution in [0.5, 0.6) is 0 Å². The predicted octanol–water partition coefficient (Wildman–Crippen LogP) is 0.0187. The number of nitrogens with one attached hydrogen (secondary N) is 1. The maximum atomic E-state index is 13.1. The number of oxime groups is 1. The van der Waals surface area contributed by atoms with E-state index in [0.29, 0.717) is 31.9 Å². The molecule has 0 aliphatic carbocycles. The van der Waals surface area contributed by atoms with Crippen molar-refractivity contribution < 1.29 is 19.4 Å². The van der Waals surface area contributed by atoms with Crippen LogP contribution in [0.2, 0.25) is 0 Å². The maximum Gasteiger partial charge on any atom is 0.170 e. The minimum absolute atomic E-state index is 0.00833. The highest BCUT2D eigenvalue weighted by Gasteiger charge is 2.08. The molecule has 7 heteroatoms. The lowest BCUT2D eigenvalue weighted by molar-refractivity contribution is 0.0938. The van der Waals surface area contributed by atoms with Gasteiger partial charge in [0.2, 0.25) is 0 Å². The van der Waals surface area contributed by atoms with Crippen molar-refractivity contribution in [3.05, 3.63) is 35.1 Å². The third kappa shape index (κ3) is 5.21. The van der Waals surface area contributed by atoms with Gasteiger partial charge in [0, 0.05) is 18.7 Å². The van der Waals surface area contributed by atoms with Crippen LogP contribution >= 0.6 is 0 Å². The van der Waals surface area contributed by atoms with Gasteiger partial charge in [-0.05, 0) is 17.7 Å². The molecule has 106 valence electrons. The number of amidine groups is 1. The van der Waals surface area contributed by atoms with Crippen LogP contribution in [-0.4, -0.2) is 42.5 Å². The van der Waals surface area contributed by atoms with E-state index in [1.165, 1.54) is 12.1 Å². The summed E-state index contributed by atoms with van der Waals surface area (Å²) in [6.07, 6.45) is 0. The van der Waals surface area contributed by atoms with Crippen LogP contribution < -0.4 is 11.1 Å². The Labute approximate surface area is 110 Å². The molecule has 0 spiro atoms. The fraction of sp³-hybridized carbons (Fsp3) is 0.417. The van der Waals surface area contributed by atoms with Gasteiger partial charge in [-0.2, -0.15) is 0 Å². The second-order valence-corrected chi connectivity index (χ2v) is 3.80.